The number of hydrogen-bond donors (Lipinski definition) is 1. The van der Waals surface area contributed by atoms with Crippen LogP contribution in [0.25, 0.3) is 10.9 Å². The molecule has 0 amide bonds. The van der Waals surface area contributed by atoms with E-state index >= 15 is 0 Å². The van der Waals surface area contributed by atoms with Gasteiger partial charge < -0.3 is 19.3 Å². The van der Waals surface area contributed by atoms with Gasteiger partial charge in [-0.05, 0) is 57.9 Å². The fraction of sp³-hybridized carbons (Fsp3) is 0.360. The van der Waals surface area contributed by atoms with Gasteiger partial charge in [0.05, 0.1) is 19.2 Å². The lowest BCUT2D eigenvalue weighted by Gasteiger charge is -2.26. The van der Waals surface area contributed by atoms with Crippen LogP contribution in [0, 0.1) is 6.92 Å². The molecule has 1 aromatic heterocycles. The number of hydrogen-bond acceptors (Lipinski definition) is 6. The molecular formula is C25H29NO6. The standard InChI is InChI=1S/C25H29NO6/c1-7-31-22(27)25(29,17-11-13-18(30-6)14-12-17)20-15-26(23(28)32-24(3,4)5)21-16(2)9-8-10-19(20)21/h8-15,29H,7H2,1-6H3/t25-/m1/s1. The van der Waals surface area contributed by atoms with E-state index < -0.39 is 23.3 Å². The highest BCUT2D eigenvalue weighted by Crippen LogP contribution is 2.38. The Bertz CT molecular complexity index is 1140. The van der Waals surface area contributed by atoms with Crippen molar-refractivity contribution in [2.45, 2.75) is 45.8 Å². The lowest BCUT2D eigenvalue weighted by molar-refractivity contribution is -0.161. The molecule has 7 heteroatoms. The van der Waals surface area contributed by atoms with E-state index in [1.54, 1.807) is 64.1 Å². The third-order valence-electron chi connectivity index (χ3n) is 5.09. The van der Waals surface area contributed by atoms with Crippen molar-refractivity contribution >= 4 is 23.0 Å². The van der Waals surface area contributed by atoms with E-state index in [1.165, 1.54) is 17.9 Å². The number of ether oxygens (including phenoxy) is 3. The Morgan fingerprint density at radius 2 is 1.72 bits per heavy atom. The van der Waals surface area contributed by atoms with Crippen molar-refractivity contribution in [3.8, 4) is 5.75 Å². The summed E-state index contributed by atoms with van der Waals surface area (Å²) in [6.07, 6.45) is 0.844. The zero-order valence-electron chi connectivity index (χ0n) is 19.3. The molecule has 0 aliphatic carbocycles. The van der Waals surface area contributed by atoms with Crippen molar-refractivity contribution in [2.24, 2.45) is 0 Å². The molecule has 0 aliphatic heterocycles. The Balaban J connectivity index is 2.30. The van der Waals surface area contributed by atoms with Crippen LogP contribution in [0.5, 0.6) is 5.75 Å². The minimum Gasteiger partial charge on any atom is -0.497 e. The van der Waals surface area contributed by atoms with Crippen molar-refractivity contribution in [3.63, 3.8) is 0 Å². The second-order valence-corrected chi connectivity index (χ2v) is 8.52. The summed E-state index contributed by atoms with van der Waals surface area (Å²) in [6.45, 7) is 8.93. The first-order chi connectivity index (χ1) is 15.0. The van der Waals surface area contributed by atoms with E-state index in [4.69, 9.17) is 14.2 Å². The van der Waals surface area contributed by atoms with Gasteiger partial charge in [0.15, 0.2) is 0 Å². The number of benzene rings is 2. The van der Waals surface area contributed by atoms with Crippen molar-refractivity contribution in [1.29, 1.82) is 0 Å². The van der Waals surface area contributed by atoms with Gasteiger partial charge >= 0.3 is 12.1 Å². The van der Waals surface area contributed by atoms with Crippen LogP contribution in [0.4, 0.5) is 4.79 Å². The minimum atomic E-state index is -2.15. The summed E-state index contributed by atoms with van der Waals surface area (Å²) in [5.41, 5.74) is -1.01. The second kappa shape index (κ2) is 8.67. The molecule has 0 radical (unpaired) electrons. The third-order valence-corrected chi connectivity index (χ3v) is 5.09. The largest absolute Gasteiger partial charge is 0.497 e. The highest BCUT2D eigenvalue weighted by Gasteiger charge is 2.44. The van der Waals surface area contributed by atoms with Crippen LogP contribution in [0.1, 0.15) is 44.4 Å². The van der Waals surface area contributed by atoms with E-state index in [2.05, 4.69) is 0 Å². The zero-order chi connectivity index (χ0) is 23.7. The van der Waals surface area contributed by atoms with Gasteiger partial charge in [0.1, 0.15) is 11.4 Å². The van der Waals surface area contributed by atoms with Gasteiger partial charge in [-0.3, -0.25) is 4.57 Å². The van der Waals surface area contributed by atoms with Crippen LogP contribution >= 0.6 is 0 Å². The predicted octanol–water partition coefficient (Wildman–Crippen LogP) is 4.54. The number of nitrogens with zero attached hydrogens (tertiary/aromatic N) is 1. The fourth-order valence-electron chi connectivity index (χ4n) is 3.65. The van der Waals surface area contributed by atoms with Gasteiger partial charge in [-0.25, -0.2) is 9.59 Å². The molecule has 2 aromatic carbocycles. The molecule has 0 bridgehead atoms. The van der Waals surface area contributed by atoms with Crippen molar-refractivity contribution in [3.05, 3.63) is 65.4 Å². The summed E-state index contributed by atoms with van der Waals surface area (Å²) < 4.78 is 17.4. The third kappa shape index (κ3) is 4.21. The molecule has 1 heterocycles. The van der Waals surface area contributed by atoms with Crippen molar-refractivity contribution in [2.75, 3.05) is 13.7 Å². The van der Waals surface area contributed by atoms with Crippen LogP contribution < -0.4 is 4.74 Å². The molecule has 0 saturated heterocycles. The second-order valence-electron chi connectivity index (χ2n) is 8.52. The predicted molar refractivity (Wildman–Crippen MR) is 121 cm³/mol. The highest BCUT2D eigenvalue weighted by atomic mass is 16.6. The van der Waals surface area contributed by atoms with Gasteiger partial charge in [-0.1, -0.05) is 30.3 Å². The number of aryl methyl sites for hydroxylation is 1. The zero-order valence-corrected chi connectivity index (χ0v) is 19.3. The maximum absolute atomic E-state index is 13.1. The maximum atomic E-state index is 13.1. The number of aromatic nitrogens is 1. The van der Waals surface area contributed by atoms with Gasteiger partial charge in [-0.2, -0.15) is 0 Å². The Morgan fingerprint density at radius 1 is 1.06 bits per heavy atom. The number of methoxy groups -OCH3 is 1. The van der Waals surface area contributed by atoms with Crippen LogP contribution in [-0.4, -0.2) is 41.1 Å². The molecule has 3 rings (SSSR count). The van der Waals surface area contributed by atoms with Gasteiger partial charge in [0.2, 0.25) is 5.60 Å². The Labute approximate surface area is 187 Å². The van der Waals surface area contributed by atoms with Crippen LogP contribution in [-0.2, 0) is 19.9 Å². The van der Waals surface area contributed by atoms with E-state index in [9.17, 15) is 14.7 Å². The van der Waals surface area contributed by atoms with E-state index in [-0.39, 0.29) is 12.2 Å². The quantitative estimate of drug-likeness (QED) is 0.588. The Kier molecular flexibility index (Phi) is 6.32. The number of para-hydroxylation sites is 1. The summed E-state index contributed by atoms with van der Waals surface area (Å²) >= 11 is 0. The van der Waals surface area contributed by atoms with E-state index in [1.807, 2.05) is 13.0 Å². The minimum absolute atomic E-state index is 0.0844. The van der Waals surface area contributed by atoms with E-state index in [0.717, 1.165) is 5.56 Å². The Morgan fingerprint density at radius 3 is 2.28 bits per heavy atom. The molecule has 0 aliphatic rings. The number of esters is 1. The first-order valence-electron chi connectivity index (χ1n) is 10.4. The molecule has 0 unspecified atom stereocenters. The summed E-state index contributed by atoms with van der Waals surface area (Å²) in [5.74, 6) is -0.262. The van der Waals surface area contributed by atoms with Gasteiger partial charge in [-0.15, -0.1) is 0 Å². The molecular weight excluding hydrogens is 410 g/mol. The van der Waals surface area contributed by atoms with Gasteiger partial charge in [0, 0.05) is 17.1 Å². The maximum Gasteiger partial charge on any atom is 0.419 e. The Hall–Kier alpha value is -3.32. The monoisotopic (exact) mass is 439 g/mol. The smallest absolute Gasteiger partial charge is 0.419 e. The molecule has 0 fully saturated rings. The molecule has 0 spiro atoms. The summed E-state index contributed by atoms with van der Waals surface area (Å²) in [6, 6.07) is 11.9. The molecule has 0 saturated carbocycles. The number of carbonyl (C=O) groups is 2. The summed E-state index contributed by atoms with van der Waals surface area (Å²) in [5, 5.41) is 12.4. The van der Waals surface area contributed by atoms with E-state index in [0.29, 0.717) is 22.2 Å². The molecule has 32 heavy (non-hydrogen) atoms. The molecule has 1 N–H and O–H groups in total. The lowest BCUT2D eigenvalue weighted by Crippen LogP contribution is -2.38. The number of fused-ring (bicyclic) bond motifs is 1. The van der Waals surface area contributed by atoms with Crippen LogP contribution in [0.3, 0.4) is 0 Å². The van der Waals surface area contributed by atoms with Crippen molar-refractivity contribution in [1.82, 2.24) is 4.57 Å². The topological polar surface area (TPSA) is 87.0 Å². The fourth-order valence-corrected chi connectivity index (χ4v) is 3.65. The molecule has 1 atom stereocenters. The molecule has 7 nitrogen and oxygen atoms in total. The van der Waals surface area contributed by atoms with Crippen molar-refractivity contribution < 1.29 is 28.9 Å². The molecule has 170 valence electrons. The normalized spacial score (nSPS) is 13.5. The van der Waals surface area contributed by atoms with Crippen LogP contribution in [0.2, 0.25) is 0 Å². The number of aliphatic hydroxyl groups is 1. The van der Waals surface area contributed by atoms with Crippen LogP contribution in [0.15, 0.2) is 48.7 Å². The first kappa shape index (κ1) is 23.3. The number of rotatable bonds is 5. The summed E-state index contributed by atoms with van der Waals surface area (Å²) in [4.78, 5) is 26.1. The summed E-state index contributed by atoms with van der Waals surface area (Å²) in [7, 11) is 1.53. The average Bonchev–Trinajstić information content (AvgIpc) is 3.14. The van der Waals surface area contributed by atoms with Gasteiger partial charge in [0.25, 0.3) is 0 Å². The SMILES string of the molecule is CCOC(=O)[C@@](O)(c1ccc(OC)cc1)c1cn(C(=O)OC(C)(C)C)c2c(C)cccc12. The molecule has 3 aromatic rings. The number of carbonyl (C=O) groups excluding carboxylic acids is 2. The average molecular weight is 440 g/mol. The lowest BCUT2D eigenvalue weighted by atomic mass is 9.86. The highest BCUT2D eigenvalue weighted by molar-refractivity contribution is 5.99. The first-order valence-corrected chi connectivity index (χ1v) is 10.4.